The lowest BCUT2D eigenvalue weighted by Gasteiger charge is -2.15. The number of nitrogens with two attached hydrogens (primary N) is 1. The first-order valence-electron chi connectivity index (χ1n) is 7.12. The number of hydrogen-bond acceptors (Lipinski definition) is 2. The maximum Gasteiger partial charge on any atom is 0.123 e. The molecule has 0 aliphatic carbocycles. The molecule has 0 aliphatic heterocycles. The molecule has 3 nitrogen and oxygen atoms in total. The molecule has 1 heterocycles. The molecule has 0 amide bonds. The zero-order chi connectivity index (χ0) is 14.7. The van der Waals surface area contributed by atoms with Gasteiger partial charge in [0.25, 0.3) is 0 Å². The molecule has 0 bridgehead atoms. The molecule has 0 spiro atoms. The minimum absolute atomic E-state index is 0.164. The Labute approximate surface area is 119 Å². The van der Waals surface area contributed by atoms with E-state index in [1.807, 2.05) is 11.6 Å². The van der Waals surface area contributed by atoms with E-state index in [1.165, 1.54) is 6.07 Å². The quantitative estimate of drug-likeness (QED) is 0.911. The Kier molecular flexibility index (Phi) is 4.55. The van der Waals surface area contributed by atoms with Crippen molar-refractivity contribution in [3.63, 3.8) is 0 Å². The van der Waals surface area contributed by atoms with Crippen LogP contribution in [0, 0.1) is 12.7 Å². The molecule has 0 saturated carbocycles. The molecule has 2 N–H and O–H groups in total. The van der Waals surface area contributed by atoms with Gasteiger partial charge in [-0.25, -0.2) is 4.39 Å². The van der Waals surface area contributed by atoms with Gasteiger partial charge in [-0.05, 0) is 56.0 Å². The number of nitrogens with zero attached hydrogens (tertiary/aromatic N) is 2. The van der Waals surface area contributed by atoms with E-state index in [4.69, 9.17) is 5.73 Å². The number of hydrogen-bond donors (Lipinski definition) is 1. The van der Waals surface area contributed by atoms with Gasteiger partial charge >= 0.3 is 0 Å². The number of aromatic nitrogens is 2. The van der Waals surface area contributed by atoms with Crippen molar-refractivity contribution in [2.75, 3.05) is 0 Å². The van der Waals surface area contributed by atoms with E-state index in [0.717, 1.165) is 35.5 Å². The molecule has 1 aromatic heterocycles. The van der Waals surface area contributed by atoms with Crippen molar-refractivity contribution >= 4 is 0 Å². The molecule has 1 atom stereocenters. The van der Waals surface area contributed by atoms with Crippen LogP contribution in [0.4, 0.5) is 4.39 Å². The van der Waals surface area contributed by atoms with Gasteiger partial charge in [0.05, 0.1) is 17.4 Å². The molecular weight excluding hydrogens is 253 g/mol. The minimum Gasteiger partial charge on any atom is -0.322 e. The number of aryl methyl sites for hydroxylation is 3. The smallest absolute Gasteiger partial charge is 0.123 e. The highest BCUT2D eigenvalue weighted by atomic mass is 19.1. The normalized spacial score (nSPS) is 12.7. The Morgan fingerprint density at radius 2 is 2.05 bits per heavy atom. The molecule has 1 unspecified atom stereocenters. The van der Waals surface area contributed by atoms with Crippen molar-refractivity contribution in [1.29, 1.82) is 0 Å². The maximum absolute atomic E-state index is 13.3. The van der Waals surface area contributed by atoms with Gasteiger partial charge < -0.3 is 5.73 Å². The van der Waals surface area contributed by atoms with Crippen LogP contribution in [0.1, 0.15) is 42.4 Å². The molecule has 0 aliphatic rings. The molecule has 4 heteroatoms. The highest BCUT2D eigenvalue weighted by molar-refractivity contribution is 5.29. The van der Waals surface area contributed by atoms with Crippen molar-refractivity contribution in [2.24, 2.45) is 5.73 Å². The van der Waals surface area contributed by atoms with Crippen LogP contribution >= 0.6 is 0 Å². The molecule has 2 rings (SSSR count). The van der Waals surface area contributed by atoms with E-state index in [2.05, 4.69) is 25.0 Å². The second kappa shape index (κ2) is 6.18. The topological polar surface area (TPSA) is 43.8 Å². The Hall–Kier alpha value is -1.68. The summed E-state index contributed by atoms with van der Waals surface area (Å²) in [6.07, 6.45) is 1.52. The first kappa shape index (κ1) is 14.7. The van der Waals surface area contributed by atoms with Gasteiger partial charge in [0.2, 0.25) is 0 Å². The average Bonchev–Trinajstić information content (AvgIpc) is 2.86. The van der Waals surface area contributed by atoms with Crippen LogP contribution in [0.15, 0.2) is 24.3 Å². The fourth-order valence-corrected chi connectivity index (χ4v) is 2.41. The van der Waals surface area contributed by atoms with Crippen LogP contribution in [-0.2, 0) is 19.4 Å². The zero-order valence-corrected chi connectivity index (χ0v) is 12.4. The third kappa shape index (κ3) is 3.07. The van der Waals surface area contributed by atoms with Gasteiger partial charge in [0.15, 0.2) is 0 Å². The molecular formula is C16H22FN3. The predicted molar refractivity (Wildman–Crippen MR) is 79.0 cm³/mol. The molecule has 1 aromatic carbocycles. The predicted octanol–water partition coefficient (Wildman–Crippen LogP) is 3.16. The Morgan fingerprint density at radius 1 is 1.30 bits per heavy atom. The van der Waals surface area contributed by atoms with Crippen LogP contribution in [0.3, 0.4) is 0 Å². The third-order valence-corrected chi connectivity index (χ3v) is 3.65. The average molecular weight is 275 g/mol. The molecule has 2 aromatic rings. The van der Waals surface area contributed by atoms with E-state index in [9.17, 15) is 4.39 Å². The fraction of sp³-hybridized carbons (Fsp3) is 0.438. The van der Waals surface area contributed by atoms with Crippen LogP contribution in [0.25, 0.3) is 0 Å². The van der Waals surface area contributed by atoms with E-state index >= 15 is 0 Å². The summed E-state index contributed by atoms with van der Waals surface area (Å²) in [5, 5.41) is 4.51. The van der Waals surface area contributed by atoms with E-state index in [-0.39, 0.29) is 11.9 Å². The molecule has 0 radical (unpaired) electrons. The van der Waals surface area contributed by atoms with Gasteiger partial charge in [0.1, 0.15) is 5.82 Å². The van der Waals surface area contributed by atoms with Crippen molar-refractivity contribution in [3.8, 4) is 0 Å². The van der Waals surface area contributed by atoms with E-state index in [0.29, 0.717) is 6.42 Å². The van der Waals surface area contributed by atoms with Crippen LogP contribution in [0.2, 0.25) is 0 Å². The van der Waals surface area contributed by atoms with Crippen LogP contribution < -0.4 is 5.73 Å². The lowest BCUT2D eigenvalue weighted by Crippen LogP contribution is -2.18. The van der Waals surface area contributed by atoms with Gasteiger partial charge in [-0.3, -0.25) is 4.68 Å². The summed E-state index contributed by atoms with van der Waals surface area (Å²) in [6.45, 7) is 6.91. The summed E-state index contributed by atoms with van der Waals surface area (Å²) in [5.41, 5.74) is 10.4. The van der Waals surface area contributed by atoms with Crippen LogP contribution in [-0.4, -0.2) is 9.78 Å². The van der Waals surface area contributed by atoms with Gasteiger partial charge in [-0.1, -0.05) is 13.0 Å². The molecule has 0 fully saturated rings. The Morgan fingerprint density at radius 3 is 2.70 bits per heavy atom. The van der Waals surface area contributed by atoms with Gasteiger partial charge in [0, 0.05) is 6.54 Å². The Bertz CT molecular complexity index is 589. The van der Waals surface area contributed by atoms with Crippen molar-refractivity contribution in [2.45, 2.75) is 46.2 Å². The fourth-order valence-electron chi connectivity index (χ4n) is 2.41. The Balaban J connectivity index is 2.25. The highest BCUT2D eigenvalue weighted by Gasteiger charge is 2.15. The lowest BCUT2D eigenvalue weighted by atomic mass is 9.99. The van der Waals surface area contributed by atoms with E-state index < -0.39 is 0 Å². The molecule has 108 valence electrons. The number of rotatable bonds is 5. The maximum atomic E-state index is 13.3. The first-order chi connectivity index (χ1) is 9.55. The third-order valence-electron chi connectivity index (χ3n) is 3.65. The largest absolute Gasteiger partial charge is 0.322 e. The first-order valence-corrected chi connectivity index (χ1v) is 7.12. The minimum atomic E-state index is -0.212. The second-order valence-corrected chi connectivity index (χ2v) is 5.11. The van der Waals surface area contributed by atoms with Crippen molar-refractivity contribution in [3.05, 3.63) is 52.6 Å². The van der Waals surface area contributed by atoms with Gasteiger partial charge in [-0.2, -0.15) is 5.10 Å². The molecule has 0 saturated heterocycles. The number of benzene rings is 1. The SMILES string of the molecule is CCc1cc(C(N)Cc2cc(F)ccc2C)n(CC)n1. The monoisotopic (exact) mass is 275 g/mol. The summed E-state index contributed by atoms with van der Waals surface area (Å²) in [7, 11) is 0. The summed E-state index contributed by atoms with van der Waals surface area (Å²) in [4.78, 5) is 0. The summed E-state index contributed by atoms with van der Waals surface area (Å²) in [5.74, 6) is -0.212. The highest BCUT2D eigenvalue weighted by Crippen LogP contribution is 2.20. The second-order valence-electron chi connectivity index (χ2n) is 5.11. The number of halogens is 1. The summed E-state index contributed by atoms with van der Waals surface area (Å²) >= 11 is 0. The van der Waals surface area contributed by atoms with Crippen molar-refractivity contribution < 1.29 is 4.39 Å². The standard InChI is InChI=1S/C16H22FN3/c1-4-14-10-16(20(5-2)19-14)15(18)9-12-8-13(17)7-6-11(12)3/h6-8,10,15H,4-5,9,18H2,1-3H3. The van der Waals surface area contributed by atoms with E-state index in [1.54, 1.807) is 12.1 Å². The lowest BCUT2D eigenvalue weighted by molar-refractivity contribution is 0.562. The summed E-state index contributed by atoms with van der Waals surface area (Å²) in [6, 6.07) is 6.75. The zero-order valence-electron chi connectivity index (χ0n) is 12.4. The summed E-state index contributed by atoms with van der Waals surface area (Å²) < 4.78 is 15.3. The van der Waals surface area contributed by atoms with Gasteiger partial charge in [-0.15, -0.1) is 0 Å². The molecule has 20 heavy (non-hydrogen) atoms. The van der Waals surface area contributed by atoms with Crippen LogP contribution in [0.5, 0.6) is 0 Å². The van der Waals surface area contributed by atoms with Crippen molar-refractivity contribution in [1.82, 2.24) is 9.78 Å².